The lowest BCUT2D eigenvalue weighted by molar-refractivity contribution is -0.158. The summed E-state index contributed by atoms with van der Waals surface area (Å²) in [7, 11) is 1.35. The summed E-state index contributed by atoms with van der Waals surface area (Å²) in [6.07, 6.45) is 14.0. The highest BCUT2D eigenvalue weighted by Gasteiger charge is 2.41. The van der Waals surface area contributed by atoms with Crippen molar-refractivity contribution < 1.29 is 19.1 Å². The van der Waals surface area contributed by atoms with Crippen molar-refractivity contribution in [3.63, 3.8) is 0 Å². The molecule has 0 saturated heterocycles. The van der Waals surface area contributed by atoms with Crippen molar-refractivity contribution in [2.75, 3.05) is 7.11 Å². The Bertz CT molecular complexity index is 687. The van der Waals surface area contributed by atoms with Crippen molar-refractivity contribution in [2.45, 2.75) is 76.0 Å². The third-order valence-corrected chi connectivity index (χ3v) is 5.74. The molecule has 1 aromatic rings. The molecular formula is C22H30N2O4. The number of nitrogens with one attached hydrogen (secondary N) is 1. The lowest BCUT2D eigenvalue weighted by atomic mass is 9.81. The predicted molar refractivity (Wildman–Crippen MR) is 106 cm³/mol. The SMILES string of the molecule is COC(=O)/C=C/c1ccc(CNC2(C(=O)OC3CCCC3)CCCCC2)nc1. The summed E-state index contributed by atoms with van der Waals surface area (Å²) < 4.78 is 10.4. The number of pyridine rings is 1. The number of hydrogen-bond acceptors (Lipinski definition) is 6. The molecular weight excluding hydrogens is 356 g/mol. The van der Waals surface area contributed by atoms with E-state index in [2.05, 4.69) is 15.0 Å². The topological polar surface area (TPSA) is 77.5 Å². The minimum atomic E-state index is -0.591. The van der Waals surface area contributed by atoms with Crippen molar-refractivity contribution in [3.05, 3.63) is 35.7 Å². The Morgan fingerprint density at radius 1 is 1.18 bits per heavy atom. The highest BCUT2D eigenvalue weighted by Crippen LogP contribution is 2.32. The second-order valence-electron chi connectivity index (χ2n) is 7.75. The van der Waals surface area contributed by atoms with E-state index in [4.69, 9.17) is 4.74 Å². The van der Waals surface area contributed by atoms with Gasteiger partial charge in [-0.2, -0.15) is 0 Å². The molecule has 1 heterocycles. The Morgan fingerprint density at radius 2 is 1.93 bits per heavy atom. The molecule has 0 amide bonds. The maximum atomic E-state index is 13.0. The van der Waals surface area contributed by atoms with Crippen LogP contribution < -0.4 is 5.32 Å². The van der Waals surface area contributed by atoms with Crippen molar-refractivity contribution >= 4 is 18.0 Å². The first-order valence-electron chi connectivity index (χ1n) is 10.3. The number of aromatic nitrogens is 1. The van der Waals surface area contributed by atoms with Gasteiger partial charge in [0.1, 0.15) is 11.6 Å². The van der Waals surface area contributed by atoms with E-state index in [-0.39, 0.29) is 12.1 Å². The molecule has 0 spiro atoms. The number of methoxy groups -OCH3 is 1. The van der Waals surface area contributed by atoms with Gasteiger partial charge in [0.15, 0.2) is 0 Å². The van der Waals surface area contributed by atoms with Crippen molar-refractivity contribution in [1.82, 2.24) is 10.3 Å². The average Bonchev–Trinajstić information content (AvgIpc) is 3.25. The summed E-state index contributed by atoms with van der Waals surface area (Å²) in [6, 6.07) is 3.80. The number of carbonyl (C=O) groups excluding carboxylic acids is 2. The molecule has 1 N–H and O–H groups in total. The second kappa shape index (κ2) is 9.82. The van der Waals surface area contributed by atoms with Crippen LogP contribution in [0.4, 0.5) is 0 Å². The first-order chi connectivity index (χ1) is 13.6. The molecule has 0 unspecified atom stereocenters. The fourth-order valence-corrected chi connectivity index (χ4v) is 4.01. The summed E-state index contributed by atoms with van der Waals surface area (Å²) >= 11 is 0. The van der Waals surface area contributed by atoms with Gasteiger partial charge in [-0.05, 0) is 56.2 Å². The average molecular weight is 386 g/mol. The Balaban J connectivity index is 1.60. The molecule has 2 saturated carbocycles. The maximum absolute atomic E-state index is 13.0. The zero-order chi connectivity index (χ0) is 19.8. The molecule has 6 nitrogen and oxygen atoms in total. The third-order valence-electron chi connectivity index (χ3n) is 5.74. The molecule has 2 fully saturated rings. The van der Waals surface area contributed by atoms with Crippen LogP contribution in [0.15, 0.2) is 24.4 Å². The fourth-order valence-electron chi connectivity index (χ4n) is 4.01. The molecule has 2 aliphatic rings. The monoisotopic (exact) mass is 386 g/mol. The molecule has 0 aliphatic heterocycles. The Morgan fingerprint density at radius 3 is 2.57 bits per heavy atom. The summed E-state index contributed by atoms with van der Waals surface area (Å²) in [6.45, 7) is 0.515. The number of ether oxygens (including phenoxy) is 2. The predicted octanol–water partition coefficient (Wildman–Crippen LogP) is 3.55. The normalized spacial score (nSPS) is 19.6. The van der Waals surface area contributed by atoms with Gasteiger partial charge in [-0.3, -0.25) is 15.1 Å². The fraction of sp³-hybridized carbons (Fsp3) is 0.591. The first-order valence-corrected chi connectivity index (χ1v) is 10.3. The van der Waals surface area contributed by atoms with Crippen molar-refractivity contribution in [3.8, 4) is 0 Å². The lowest BCUT2D eigenvalue weighted by Gasteiger charge is -2.36. The van der Waals surface area contributed by atoms with E-state index < -0.39 is 11.5 Å². The molecule has 152 valence electrons. The minimum Gasteiger partial charge on any atom is -0.466 e. The van der Waals surface area contributed by atoms with E-state index in [0.29, 0.717) is 6.54 Å². The molecule has 3 rings (SSSR count). The molecule has 2 aliphatic carbocycles. The van der Waals surface area contributed by atoms with Gasteiger partial charge in [-0.1, -0.05) is 25.3 Å². The maximum Gasteiger partial charge on any atom is 0.330 e. The van der Waals surface area contributed by atoms with Crippen LogP contribution in [0.3, 0.4) is 0 Å². The number of esters is 2. The van der Waals surface area contributed by atoms with Crippen LogP contribution in [0.1, 0.15) is 69.0 Å². The van der Waals surface area contributed by atoms with Gasteiger partial charge in [0.05, 0.1) is 12.8 Å². The molecule has 28 heavy (non-hydrogen) atoms. The second-order valence-corrected chi connectivity index (χ2v) is 7.75. The standard InChI is InChI=1S/C22H30N2O4/c1-27-20(25)12-10-17-9-11-18(23-15-17)16-24-22(13-5-2-6-14-22)21(26)28-19-7-3-4-8-19/h9-12,15,19,24H,2-8,13-14,16H2,1H3/b12-10+. The van der Waals surface area contributed by atoms with Crippen molar-refractivity contribution in [1.29, 1.82) is 0 Å². The zero-order valence-electron chi connectivity index (χ0n) is 16.6. The zero-order valence-corrected chi connectivity index (χ0v) is 16.6. The van der Waals surface area contributed by atoms with Crippen LogP contribution in [0.5, 0.6) is 0 Å². The molecule has 6 heteroatoms. The van der Waals surface area contributed by atoms with Gasteiger partial charge in [0.2, 0.25) is 0 Å². The summed E-state index contributed by atoms with van der Waals surface area (Å²) in [4.78, 5) is 28.6. The van der Waals surface area contributed by atoms with E-state index in [0.717, 1.165) is 62.6 Å². The van der Waals surface area contributed by atoms with Crippen LogP contribution in [-0.2, 0) is 25.6 Å². The highest BCUT2D eigenvalue weighted by atomic mass is 16.5. The molecule has 1 aromatic heterocycles. The van der Waals surface area contributed by atoms with Crippen LogP contribution in [0, 0.1) is 0 Å². The largest absolute Gasteiger partial charge is 0.466 e. The van der Waals surface area contributed by atoms with Crippen LogP contribution in [0.25, 0.3) is 6.08 Å². The van der Waals surface area contributed by atoms with E-state index in [1.54, 1.807) is 12.3 Å². The Labute approximate surface area is 166 Å². The molecule has 0 aromatic carbocycles. The van der Waals surface area contributed by atoms with Gasteiger partial charge in [0.25, 0.3) is 0 Å². The molecule has 0 atom stereocenters. The minimum absolute atomic E-state index is 0.0864. The van der Waals surface area contributed by atoms with Gasteiger partial charge >= 0.3 is 11.9 Å². The van der Waals surface area contributed by atoms with Gasteiger partial charge in [-0.25, -0.2) is 4.79 Å². The van der Waals surface area contributed by atoms with Crippen LogP contribution >= 0.6 is 0 Å². The lowest BCUT2D eigenvalue weighted by Crippen LogP contribution is -2.54. The molecule has 0 radical (unpaired) electrons. The van der Waals surface area contributed by atoms with E-state index in [9.17, 15) is 9.59 Å². The van der Waals surface area contributed by atoms with Gasteiger partial charge < -0.3 is 9.47 Å². The van der Waals surface area contributed by atoms with E-state index >= 15 is 0 Å². The smallest absolute Gasteiger partial charge is 0.330 e. The van der Waals surface area contributed by atoms with Crippen molar-refractivity contribution in [2.24, 2.45) is 0 Å². The number of hydrogen-bond donors (Lipinski definition) is 1. The number of carbonyl (C=O) groups is 2. The van der Waals surface area contributed by atoms with Gasteiger partial charge in [0, 0.05) is 18.8 Å². The molecule has 0 bridgehead atoms. The van der Waals surface area contributed by atoms with E-state index in [1.807, 2.05) is 12.1 Å². The Kier molecular flexibility index (Phi) is 7.20. The van der Waals surface area contributed by atoms with Crippen LogP contribution in [0.2, 0.25) is 0 Å². The third kappa shape index (κ3) is 5.41. The van der Waals surface area contributed by atoms with Gasteiger partial charge in [-0.15, -0.1) is 0 Å². The summed E-state index contributed by atoms with van der Waals surface area (Å²) in [5.74, 6) is -0.484. The van der Waals surface area contributed by atoms with Crippen LogP contribution in [-0.4, -0.2) is 35.7 Å². The first kappa shape index (κ1) is 20.5. The Hall–Kier alpha value is -2.21. The summed E-state index contributed by atoms with van der Waals surface area (Å²) in [5.41, 5.74) is 1.09. The highest BCUT2D eigenvalue weighted by molar-refractivity contribution is 5.86. The summed E-state index contributed by atoms with van der Waals surface area (Å²) in [5, 5.41) is 3.47. The number of nitrogens with zero attached hydrogens (tertiary/aromatic N) is 1. The number of rotatable bonds is 7. The quantitative estimate of drug-likeness (QED) is 0.570. The van der Waals surface area contributed by atoms with E-state index in [1.165, 1.54) is 19.6 Å².